The second kappa shape index (κ2) is 6.73. The molecule has 0 aliphatic heterocycles. The molecule has 1 aromatic heterocycles. The fraction of sp³-hybridized carbons (Fsp3) is 0.200. The Hall–Kier alpha value is -2.32. The van der Waals surface area contributed by atoms with Crippen LogP contribution in [0.5, 0.6) is 5.75 Å². The highest BCUT2D eigenvalue weighted by Crippen LogP contribution is 2.15. The smallest absolute Gasteiger partial charge is 0.258 e. The van der Waals surface area contributed by atoms with Gasteiger partial charge in [0.2, 0.25) is 0 Å². The predicted molar refractivity (Wildman–Crippen MR) is 77.5 cm³/mol. The van der Waals surface area contributed by atoms with E-state index in [4.69, 9.17) is 10.00 Å². The lowest BCUT2D eigenvalue weighted by atomic mass is 10.2. The van der Waals surface area contributed by atoms with Crippen molar-refractivity contribution in [3.8, 4) is 11.8 Å². The van der Waals surface area contributed by atoms with Crippen LogP contribution in [0.25, 0.3) is 0 Å². The van der Waals surface area contributed by atoms with Gasteiger partial charge in [0.25, 0.3) is 5.91 Å². The molecule has 1 unspecified atom stereocenters. The van der Waals surface area contributed by atoms with E-state index in [1.807, 2.05) is 29.8 Å². The molecule has 1 heterocycles. The largest absolute Gasteiger partial charge is 0.484 e. The second-order valence-corrected chi connectivity index (χ2v) is 5.05. The van der Waals surface area contributed by atoms with Gasteiger partial charge in [0.15, 0.2) is 6.61 Å². The number of ether oxygens (including phenoxy) is 1. The number of carbonyl (C=O) groups is 1. The van der Waals surface area contributed by atoms with E-state index in [9.17, 15) is 4.79 Å². The van der Waals surface area contributed by atoms with Gasteiger partial charge >= 0.3 is 0 Å². The molecule has 0 radical (unpaired) electrons. The number of rotatable bonds is 5. The molecular formula is C15H14N2O2S. The lowest BCUT2D eigenvalue weighted by molar-refractivity contribution is -0.123. The third-order valence-electron chi connectivity index (χ3n) is 2.77. The van der Waals surface area contributed by atoms with Crippen molar-refractivity contribution in [2.45, 2.75) is 13.0 Å². The van der Waals surface area contributed by atoms with Crippen molar-refractivity contribution in [1.82, 2.24) is 5.32 Å². The van der Waals surface area contributed by atoms with Gasteiger partial charge < -0.3 is 10.1 Å². The number of nitrogens with one attached hydrogen (secondary N) is 1. The third kappa shape index (κ3) is 3.84. The zero-order valence-electron chi connectivity index (χ0n) is 11.0. The number of nitrogens with zero attached hydrogens (tertiary/aromatic N) is 1. The monoisotopic (exact) mass is 286 g/mol. The standard InChI is InChI=1S/C15H14N2O2S/c1-11(13-6-7-20-10-13)17-15(18)9-19-14-4-2-12(8-16)3-5-14/h2-7,10-11H,9H2,1H3,(H,17,18). The molecule has 20 heavy (non-hydrogen) atoms. The molecule has 0 aliphatic carbocycles. The molecule has 1 atom stereocenters. The molecule has 0 aliphatic rings. The summed E-state index contributed by atoms with van der Waals surface area (Å²) in [5.41, 5.74) is 1.65. The van der Waals surface area contributed by atoms with Crippen LogP contribution in [0.1, 0.15) is 24.1 Å². The number of hydrogen-bond acceptors (Lipinski definition) is 4. The Labute approximate surface area is 121 Å². The van der Waals surface area contributed by atoms with Gasteiger partial charge in [-0.25, -0.2) is 0 Å². The molecule has 0 bridgehead atoms. The maximum Gasteiger partial charge on any atom is 0.258 e. The maximum absolute atomic E-state index is 11.8. The van der Waals surface area contributed by atoms with Crippen molar-refractivity contribution >= 4 is 17.2 Å². The van der Waals surface area contributed by atoms with E-state index < -0.39 is 0 Å². The molecule has 2 rings (SSSR count). The Morgan fingerprint density at radius 1 is 1.40 bits per heavy atom. The number of benzene rings is 1. The van der Waals surface area contributed by atoms with Crippen molar-refractivity contribution in [2.75, 3.05) is 6.61 Å². The van der Waals surface area contributed by atoms with E-state index in [0.29, 0.717) is 11.3 Å². The number of amides is 1. The minimum absolute atomic E-state index is 0.0293. The zero-order chi connectivity index (χ0) is 14.4. The highest BCUT2D eigenvalue weighted by molar-refractivity contribution is 7.07. The van der Waals surface area contributed by atoms with Crippen LogP contribution in [0, 0.1) is 11.3 Å². The zero-order valence-corrected chi connectivity index (χ0v) is 11.8. The van der Waals surface area contributed by atoms with Gasteiger partial charge in [0.1, 0.15) is 5.75 Å². The summed E-state index contributed by atoms with van der Waals surface area (Å²) < 4.78 is 5.37. The number of thiophene rings is 1. The van der Waals surface area contributed by atoms with E-state index in [2.05, 4.69) is 5.32 Å². The van der Waals surface area contributed by atoms with Crippen molar-refractivity contribution in [1.29, 1.82) is 5.26 Å². The fourth-order valence-corrected chi connectivity index (χ4v) is 2.42. The van der Waals surface area contributed by atoms with E-state index >= 15 is 0 Å². The molecule has 2 aromatic rings. The molecule has 0 saturated heterocycles. The molecule has 0 spiro atoms. The number of carbonyl (C=O) groups excluding carboxylic acids is 1. The van der Waals surface area contributed by atoms with E-state index in [1.165, 1.54) is 0 Å². The average molecular weight is 286 g/mol. The van der Waals surface area contributed by atoms with Gasteiger partial charge in [-0.3, -0.25) is 4.79 Å². The van der Waals surface area contributed by atoms with Crippen LogP contribution >= 0.6 is 11.3 Å². The van der Waals surface area contributed by atoms with E-state index in [0.717, 1.165) is 5.56 Å². The van der Waals surface area contributed by atoms with Crippen molar-refractivity contribution in [2.24, 2.45) is 0 Å². The molecule has 4 nitrogen and oxygen atoms in total. The Balaban J connectivity index is 1.81. The van der Waals surface area contributed by atoms with Crippen LogP contribution in [-0.2, 0) is 4.79 Å². The van der Waals surface area contributed by atoms with Crippen LogP contribution in [-0.4, -0.2) is 12.5 Å². The first-order valence-electron chi connectivity index (χ1n) is 6.13. The maximum atomic E-state index is 11.8. The molecule has 1 amide bonds. The van der Waals surface area contributed by atoms with Gasteiger partial charge in [-0.2, -0.15) is 16.6 Å². The minimum Gasteiger partial charge on any atom is -0.484 e. The first kappa shape index (κ1) is 14.1. The third-order valence-corrected chi connectivity index (χ3v) is 3.48. The summed E-state index contributed by atoms with van der Waals surface area (Å²) in [4.78, 5) is 11.8. The lowest BCUT2D eigenvalue weighted by Crippen LogP contribution is -2.31. The van der Waals surface area contributed by atoms with E-state index in [1.54, 1.807) is 35.6 Å². The van der Waals surface area contributed by atoms with E-state index in [-0.39, 0.29) is 18.6 Å². The second-order valence-electron chi connectivity index (χ2n) is 4.27. The van der Waals surface area contributed by atoms with Gasteiger partial charge in [0, 0.05) is 0 Å². The molecular weight excluding hydrogens is 272 g/mol. The van der Waals surface area contributed by atoms with Crippen LogP contribution in [0.15, 0.2) is 41.1 Å². The number of nitriles is 1. The summed E-state index contributed by atoms with van der Waals surface area (Å²) in [5, 5.41) is 15.5. The normalized spacial score (nSPS) is 11.4. The van der Waals surface area contributed by atoms with Gasteiger partial charge in [-0.15, -0.1) is 0 Å². The topological polar surface area (TPSA) is 62.1 Å². The Kier molecular flexibility index (Phi) is 4.75. The van der Waals surface area contributed by atoms with Crippen molar-refractivity contribution < 1.29 is 9.53 Å². The first-order chi connectivity index (χ1) is 9.69. The van der Waals surface area contributed by atoms with Crippen LogP contribution in [0.3, 0.4) is 0 Å². The molecule has 1 aromatic carbocycles. The van der Waals surface area contributed by atoms with Crippen LogP contribution < -0.4 is 10.1 Å². The average Bonchev–Trinajstić information content (AvgIpc) is 3.00. The van der Waals surface area contributed by atoms with Gasteiger partial charge in [-0.05, 0) is 53.6 Å². The summed E-state index contributed by atoms with van der Waals surface area (Å²) in [5.74, 6) is 0.399. The van der Waals surface area contributed by atoms with Gasteiger partial charge in [0.05, 0.1) is 17.7 Å². The molecule has 0 fully saturated rings. The first-order valence-corrected chi connectivity index (χ1v) is 7.08. The summed E-state index contributed by atoms with van der Waals surface area (Å²) in [6, 6.07) is 10.6. The highest BCUT2D eigenvalue weighted by Gasteiger charge is 2.10. The van der Waals surface area contributed by atoms with Crippen molar-refractivity contribution in [3.05, 3.63) is 52.2 Å². The van der Waals surface area contributed by atoms with Crippen LogP contribution in [0.4, 0.5) is 0 Å². The molecule has 0 saturated carbocycles. The minimum atomic E-state index is -0.173. The molecule has 5 heteroatoms. The van der Waals surface area contributed by atoms with Crippen molar-refractivity contribution in [3.63, 3.8) is 0 Å². The quantitative estimate of drug-likeness (QED) is 0.919. The Bertz CT molecular complexity index is 600. The highest BCUT2D eigenvalue weighted by atomic mass is 32.1. The molecule has 102 valence electrons. The number of hydrogen-bond donors (Lipinski definition) is 1. The summed E-state index contributed by atoms with van der Waals surface area (Å²) >= 11 is 1.60. The van der Waals surface area contributed by atoms with Crippen LogP contribution in [0.2, 0.25) is 0 Å². The van der Waals surface area contributed by atoms with Gasteiger partial charge in [-0.1, -0.05) is 0 Å². The Morgan fingerprint density at radius 3 is 2.75 bits per heavy atom. The summed E-state index contributed by atoms with van der Waals surface area (Å²) in [6.07, 6.45) is 0. The SMILES string of the molecule is CC(NC(=O)COc1ccc(C#N)cc1)c1ccsc1. The predicted octanol–water partition coefficient (Wildman–Crippen LogP) is 2.88. The molecule has 1 N–H and O–H groups in total. The Morgan fingerprint density at radius 2 is 2.15 bits per heavy atom. The summed E-state index contributed by atoms with van der Waals surface area (Å²) in [6.45, 7) is 1.89. The summed E-state index contributed by atoms with van der Waals surface area (Å²) in [7, 11) is 0. The fourth-order valence-electron chi connectivity index (χ4n) is 1.66. The lowest BCUT2D eigenvalue weighted by Gasteiger charge is -2.13.